The molecule has 4 nitrogen and oxygen atoms in total. The predicted octanol–water partition coefficient (Wildman–Crippen LogP) is 0.499. The number of aliphatic hydroxyl groups excluding tert-OH is 1. The first kappa shape index (κ1) is 12.4. The third kappa shape index (κ3) is 3.21. The Labute approximate surface area is 105 Å². The Kier molecular flexibility index (Phi) is 4.42. The molecule has 92 valence electrons. The van der Waals surface area contributed by atoms with Crippen molar-refractivity contribution in [3.8, 4) is 0 Å². The SMILES string of the molecule is O=C(N[C@@H](CO)c1ccccc1)C1CSCN1. The molecule has 2 atom stereocenters. The highest BCUT2D eigenvalue weighted by molar-refractivity contribution is 7.99. The summed E-state index contributed by atoms with van der Waals surface area (Å²) in [4.78, 5) is 11.9. The smallest absolute Gasteiger partial charge is 0.238 e. The molecule has 1 aromatic carbocycles. The molecule has 1 amide bonds. The van der Waals surface area contributed by atoms with Gasteiger partial charge in [0, 0.05) is 11.6 Å². The summed E-state index contributed by atoms with van der Waals surface area (Å²) in [6, 6.07) is 9.04. The van der Waals surface area contributed by atoms with E-state index in [-0.39, 0.29) is 24.6 Å². The lowest BCUT2D eigenvalue weighted by molar-refractivity contribution is -0.123. The maximum atomic E-state index is 11.9. The van der Waals surface area contributed by atoms with Crippen molar-refractivity contribution in [3.63, 3.8) is 0 Å². The van der Waals surface area contributed by atoms with Crippen LogP contribution in [0.1, 0.15) is 11.6 Å². The molecule has 0 saturated carbocycles. The molecule has 0 radical (unpaired) electrons. The molecule has 1 aliphatic rings. The Morgan fingerprint density at radius 1 is 1.53 bits per heavy atom. The number of carbonyl (C=O) groups excluding carboxylic acids is 1. The van der Waals surface area contributed by atoms with Gasteiger partial charge in [-0.1, -0.05) is 30.3 Å². The van der Waals surface area contributed by atoms with Crippen molar-refractivity contribution in [2.24, 2.45) is 0 Å². The zero-order valence-corrected chi connectivity index (χ0v) is 10.2. The molecule has 1 heterocycles. The Bertz CT molecular complexity index is 366. The summed E-state index contributed by atoms with van der Waals surface area (Å²) in [6.07, 6.45) is 0. The van der Waals surface area contributed by atoms with Crippen LogP contribution in [0.5, 0.6) is 0 Å². The normalized spacial score (nSPS) is 21.1. The minimum absolute atomic E-state index is 0.0436. The van der Waals surface area contributed by atoms with Crippen molar-refractivity contribution in [3.05, 3.63) is 35.9 Å². The van der Waals surface area contributed by atoms with Crippen LogP contribution in [-0.4, -0.2) is 35.3 Å². The van der Waals surface area contributed by atoms with E-state index in [1.807, 2.05) is 30.3 Å². The molecule has 0 aromatic heterocycles. The summed E-state index contributed by atoms with van der Waals surface area (Å²) in [6.45, 7) is -0.0877. The van der Waals surface area contributed by atoms with Gasteiger partial charge in [0.2, 0.25) is 5.91 Å². The van der Waals surface area contributed by atoms with Crippen molar-refractivity contribution in [2.45, 2.75) is 12.1 Å². The maximum Gasteiger partial charge on any atom is 0.238 e. The standard InChI is InChI=1S/C12H16N2O2S/c15-6-10(9-4-2-1-3-5-9)14-12(16)11-7-17-8-13-11/h1-5,10-11,13,15H,6-8H2,(H,14,16)/t10-,11?/m0/s1. The van der Waals surface area contributed by atoms with Gasteiger partial charge in [0.05, 0.1) is 18.7 Å². The molecule has 1 aliphatic heterocycles. The van der Waals surface area contributed by atoms with Crippen LogP contribution in [0.3, 0.4) is 0 Å². The summed E-state index contributed by atoms with van der Waals surface area (Å²) >= 11 is 1.71. The molecule has 3 N–H and O–H groups in total. The summed E-state index contributed by atoms with van der Waals surface area (Å²) in [7, 11) is 0. The highest BCUT2D eigenvalue weighted by Gasteiger charge is 2.24. The minimum atomic E-state index is -0.323. The molecule has 17 heavy (non-hydrogen) atoms. The van der Waals surface area contributed by atoms with Crippen LogP contribution in [0.2, 0.25) is 0 Å². The molecular formula is C12H16N2O2S. The first-order valence-corrected chi connectivity index (χ1v) is 6.74. The molecule has 0 bridgehead atoms. The van der Waals surface area contributed by atoms with Gasteiger partial charge in [-0.15, -0.1) is 11.8 Å². The van der Waals surface area contributed by atoms with Gasteiger partial charge in [-0.3, -0.25) is 10.1 Å². The van der Waals surface area contributed by atoms with Crippen LogP contribution in [0.4, 0.5) is 0 Å². The van der Waals surface area contributed by atoms with E-state index in [0.29, 0.717) is 0 Å². The molecule has 0 spiro atoms. The second-order valence-corrected chi connectivity index (χ2v) is 4.96. The second kappa shape index (κ2) is 6.05. The van der Waals surface area contributed by atoms with Crippen LogP contribution in [0.25, 0.3) is 0 Å². The van der Waals surface area contributed by atoms with Gasteiger partial charge in [-0.2, -0.15) is 0 Å². The van der Waals surface area contributed by atoms with Gasteiger partial charge in [-0.25, -0.2) is 0 Å². The molecule has 1 unspecified atom stereocenters. The number of aliphatic hydroxyl groups is 1. The van der Waals surface area contributed by atoms with Crippen molar-refractivity contribution in [1.82, 2.24) is 10.6 Å². The Morgan fingerprint density at radius 3 is 2.88 bits per heavy atom. The van der Waals surface area contributed by atoms with Crippen molar-refractivity contribution in [1.29, 1.82) is 0 Å². The van der Waals surface area contributed by atoms with Gasteiger partial charge in [0.15, 0.2) is 0 Å². The fourth-order valence-electron chi connectivity index (χ4n) is 1.76. The monoisotopic (exact) mass is 252 g/mol. The number of hydrogen-bond acceptors (Lipinski definition) is 4. The Morgan fingerprint density at radius 2 is 2.29 bits per heavy atom. The molecule has 0 aliphatic carbocycles. The number of rotatable bonds is 4. The molecule has 5 heteroatoms. The van der Waals surface area contributed by atoms with Crippen molar-refractivity contribution >= 4 is 17.7 Å². The van der Waals surface area contributed by atoms with Gasteiger partial charge in [-0.05, 0) is 5.56 Å². The number of amides is 1. The first-order chi connectivity index (χ1) is 8.31. The highest BCUT2D eigenvalue weighted by Crippen LogP contribution is 2.14. The van der Waals surface area contributed by atoms with Crippen LogP contribution >= 0.6 is 11.8 Å². The van der Waals surface area contributed by atoms with E-state index < -0.39 is 0 Å². The molecule has 1 saturated heterocycles. The lowest BCUT2D eigenvalue weighted by Crippen LogP contribution is -2.44. The van der Waals surface area contributed by atoms with Gasteiger partial charge < -0.3 is 10.4 Å². The number of nitrogens with one attached hydrogen (secondary N) is 2. The Balaban J connectivity index is 1.97. The average molecular weight is 252 g/mol. The van der Waals surface area contributed by atoms with Crippen LogP contribution in [-0.2, 0) is 4.79 Å². The summed E-state index contributed by atoms with van der Waals surface area (Å²) in [5, 5.41) is 15.3. The number of carbonyl (C=O) groups is 1. The number of thioether (sulfide) groups is 1. The van der Waals surface area contributed by atoms with Crippen LogP contribution in [0, 0.1) is 0 Å². The third-order valence-electron chi connectivity index (χ3n) is 2.73. The fraction of sp³-hybridized carbons (Fsp3) is 0.417. The van der Waals surface area contributed by atoms with Gasteiger partial charge >= 0.3 is 0 Å². The van der Waals surface area contributed by atoms with E-state index in [0.717, 1.165) is 17.2 Å². The van der Waals surface area contributed by atoms with Gasteiger partial charge in [0.1, 0.15) is 0 Å². The fourth-order valence-corrected chi connectivity index (χ4v) is 2.70. The Hall–Kier alpha value is -1.04. The predicted molar refractivity (Wildman–Crippen MR) is 68.7 cm³/mol. The van der Waals surface area contributed by atoms with E-state index in [1.165, 1.54) is 0 Å². The van der Waals surface area contributed by atoms with E-state index in [9.17, 15) is 9.90 Å². The van der Waals surface area contributed by atoms with Crippen molar-refractivity contribution < 1.29 is 9.90 Å². The number of benzene rings is 1. The lowest BCUT2D eigenvalue weighted by Gasteiger charge is -2.19. The lowest BCUT2D eigenvalue weighted by atomic mass is 10.1. The van der Waals surface area contributed by atoms with E-state index >= 15 is 0 Å². The van der Waals surface area contributed by atoms with Gasteiger partial charge in [0.25, 0.3) is 0 Å². The molecular weight excluding hydrogens is 236 g/mol. The van der Waals surface area contributed by atoms with Crippen LogP contribution in [0.15, 0.2) is 30.3 Å². The van der Waals surface area contributed by atoms with E-state index in [4.69, 9.17) is 0 Å². The second-order valence-electron chi connectivity index (χ2n) is 3.93. The zero-order valence-electron chi connectivity index (χ0n) is 9.43. The summed E-state index contributed by atoms with van der Waals surface area (Å²) in [5.41, 5.74) is 0.925. The molecule has 1 aromatic rings. The quantitative estimate of drug-likeness (QED) is 0.730. The topological polar surface area (TPSA) is 61.4 Å². The molecule has 2 rings (SSSR count). The number of hydrogen-bond donors (Lipinski definition) is 3. The maximum absolute atomic E-state index is 11.9. The minimum Gasteiger partial charge on any atom is -0.394 e. The zero-order chi connectivity index (χ0) is 12.1. The van der Waals surface area contributed by atoms with Crippen LogP contribution < -0.4 is 10.6 Å². The highest BCUT2D eigenvalue weighted by atomic mass is 32.2. The van der Waals surface area contributed by atoms with E-state index in [1.54, 1.807) is 11.8 Å². The summed E-state index contributed by atoms with van der Waals surface area (Å²) in [5.74, 6) is 1.56. The largest absolute Gasteiger partial charge is 0.394 e. The van der Waals surface area contributed by atoms with Crippen molar-refractivity contribution in [2.75, 3.05) is 18.2 Å². The molecule has 1 fully saturated rings. The average Bonchev–Trinajstić information content (AvgIpc) is 2.90. The third-order valence-corrected chi connectivity index (χ3v) is 3.67. The summed E-state index contributed by atoms with van der Waals surface area (Å²) < 4.78 is 0. The first-order valence-electron chi connectivity index (χ1n) is 5.58. The van der Waals surface area contributed by atoms with E-state index in [2.05, 4.69) is 10.6 Å².